The summed E-state index contributed by atoms with van der Waals surface area (Å²) >= 11 is 0. The predicted octanol–water partition coefficient (Wildman–Crippen LogP) is 2.42. The van der Waals surface area contributed by atoms with Crippen LogP contribution in [0.15, 0.2) is 60.1 Å². The van der Waals surface area contributed by atoms with Crippen molar-refractivity contribution in [3.05, 3.63) is 66.1 Å². The van der Waals surface area contributed by atoms with Crippen molar-refractivity contribution < 1.29 is 9.59 Å². The molecule has 7 nitrogen and oxygen atoms in total. The Bertz CT molecular complexity index is 1020. The molecule has 3 aromatic rings. The van der Waals surface area contributed by atoms with Gasteiger partial charge >= 0.3 is 0 Å². The maximum atomic E-state index is 12.5. The molecule has 2 aromatic heterocycles. The van der Waals surface area contributed by atoms with Crippen molar-refractivity contribution in [2.45, 2.75) is 19.4 Å². The zero-order valence-electron chi connectivity index (χ0n) is 15.4. The van der Waals surface area contributed by atoms with Gasteiger partial charge in [-0.25, -0.2) is 5.43 Å². The number of rotatable bonds is 5. The topological polar surface area (TPSA) is 79.6 Å². The molecule has 4 rings (SSSR count). The molecule has 1 aliphatic rings. The van der Waals surface area contributed by atoms with Gasteiger partial charge in [-0.2, -0.15) is 5.10 Å². The molecule has 1 fully saturated rings. The minimum Gasteiger partial charge on any atom is -0.341 e. The van der Waals surface area contributed by atoms with E-state index in [1.54, 1.807) is 30.7 Å². The summed E-state index contributed by atoms with van der Waals surface area (Å²) in [6.45, 7) is 1.98. The maximum Gasteiger partial charge on any atom is 0.271 e. The predicted molar refractivity (Wildman–Crippen MR) is 107 cm³/mol. The molecular formula is C21H21N5O2. The van der Waals surface area contributed by atoms with Gasteiger partial charge in [-0.1, -0.05) is 18.2 Å². The molecule has 1 saturated heterocycles. The number of pyridine rings is 1. The SMILES string of the molecule is O=C(N/N=C\c1cn(CC(=O)N2CCCC2)c2ccccc12)c1ccncc1. The molecule has 0 atom stereocenters. The Morgan fingerprint density at radius 3 is 2.64 bits per heavy atom. The molecule has 2 amide bonds. The molecule has 142 valence electrons. The van der Waals surface area contributed by atoms with Gasteiger partial charge in [0.15, 0.2) is 0 Å². The van der Waals surface area contributed by atoms with Gasteiger partial charge in [0.25, 0.3) is 5.91 Å². The number of para-hydroxylation sites is 1. The Labute approximate surface area is 162 Å². The van der Waals surface area contributed by atoms with Gasteiger partial charge in [0, 0.05) is 53.7 Å². The number of carbonyl (C=O) groups excluding carboxylic acids is 2. The van der Waals surface area contributed by atoms with Crippen molar-refractivity contribution in [2.24, 2.45) is 5.10 Å². The quantitative estimate of drug-likeness (QED) is 0.549. The van der Waals surface area contributed by atoms with Crippen LogP contribution in [-0.2, 0) is 11.3 Å². The van der Waals surface area contributed by atoms with Crippen molar-refractivity contribution in [2.75, 3.05) is 13.1 Å². The zero-order chi connectivity index (χ0) is 19.3. The summed E-state index contributed by atoms with van der Waals surface area (Å²) in [4.78, 5) is 30.4. The van der Waals surface area contributed by atoms with Gasteiger partial charge < -0.3 is 9.47 Å². The van der Waals surface area contributed by atoms with E-state index < -0.39 is 0 Å². The van der Waals surface area contributed by atoms with E-state index in [9.17, 15) is 9.59 Å². The molecule has 0 bridgehead atoms. The third-order valence-corrected chi connectivity index (χ3v) is 4.90. The van der Waals surface area contributed by atoms with Gasteiger partial charge in [0.1, 0.15) is 6.54 Å². The number of likely N-dealkylation sites (tertiary alicyclic amines) is 1. The number of hydrogen-bond donors (Lipinski definition) is 1. The van der Waals surface area contributed by atoms with Crippen LogP contribution in [0.5, 0.6) is 0 Å². The first kappa shape index (κ1) is 17.9. The normalized spacial score (nSPS) is 14.1. The fraction of sp³-hybridized carbons (Fsp3) is 0.238. The van der Waals surface area contributed by atoms with E-state index in [1.807, 2.05) is 39.9 Å². The van der Waals surface area contributed by atoms with Crippen molar-refractivity contribution in [1.82, 2.24) is 19.9 Å². The molecule has 3 heterocycles. The number of nitrogens with one attached hydrogen (secondary N) is 1. The van der Waals surface area contributed by atoms with Gasteiger partial charge in [-0.3, -0.25) is 14.6 Å². The molecule has 1 aromatic carbocycles. The zero-order valence-corrected chi connectivity index (χ0v) is 15.4. The summed E-state index contributed by atoms with van der Waals surface area (Å²) in [6, 6.07) is 11.1. The molecule has 1 aliphatic heterocycles. The number of amides is 2. The van der Waals surface area contributed by atoms with Crippen LogP contribution in [0.4, 0.5) is 0 Å². The van der Waals surface area contributed by atoms with E-state index in [0.29, 0.717) is 12.1 Å². The highest BCUT2D eigenvalue weighted by Crippen LogP contribution is 2.20. The smallest absolute Gasteiger partial charge is 0.271 e. The fourth-order valence-electron chi connectivity index (χ4n) is 3.45. The first-order valence-electron chi connectivity index (χ1n) is 9.31. The molecule has 0 radical (unpaired) electrons. The summed E-state index contributed by atoms with van der Waals surface area (Å²) in [5.74, 6) is -0.167. The van der Waals surface area contributed by atoms with Crippen LogP contribution in [0.25, 0.3) is 10.9 Å². The third kappa shape index (κ3) is 3.78. The lowest BCUT2D eigenvalue weighted by Gasteiger charge is -2.15. The van der Waals surface area contributed by atoms with E-state index in [0.717, 1.165) is 42.4 Å². The Morgan fingerprint density at radius 2 is 1.86 bits per heavy atom. The summed E-state index contributed by atoms with van der Waals surface area (Å²) in [5, 5.41) is 5.07. The number of hydrazone groups is 1. The molecule has 0 spiro atoms. The third-order valence-electron chi connectivity index (χ3n) is 4.90. The Hall–Kier alpha value is -3.48. The lowest BCUT2D eigenvalue weighted by atomic mass is 10.2. The van der Waals surface area contributed by atoms with Crippen LogP contribution in [0.3, 0.4) is 0 Å². The highest BCUT2D eigenvalue weighted by Gasteiger charge is 2.19. The van der Waals surface area contributed by atoms with Crippen LogP contribution >= 0.6 is 0 Å². The summed E-state index contributed by atoms with van der Waals surface area (Å²) < 4.78 is 1.95. The average Bonchev–Trinajstić information content (AvgIpc) is 3.38. The number of hydrogen-bond acceptors (Lipinski definition) is 4. The van der Waals surface area contributed by atoms with Crippen LogP contribution in [0, 0.1) is 0 Å². The number of nitrogens with zero attached hydrogens (tertiary/aromatic N) is 4. The number of carbonyl (C=O) groups is 2. The van der Waals surface area contributed by atoms with Crippen LogP contribution in [0.2, 0.25) is 0 Å². The highest BCUT2D eigenvalue weighted by atomic mass is 16.2. The molecule has 0 saturated carbocycles. The van der Waals surface area contributed by atoms with Crippen LogP contribution < -0.4 is 5.43 Å². The van der Waals surface area contributed by atoms with E-state index in [2.05, 4.69) is 15.5 Å². The van der Waals surface area contributed by atoms with Gasteiger partial charge in [-0.15, -0.1) is 0 Å². The van der Waals surface area contributed by atoms with Crippen LogP contribution in [-0.4, -0.2) is 45.6 Å². The fourth-order valence-corrected chi connectivity index (χ4v) is 3.45. The van der Waals surface area contributed by atoms with E-state index in [1.165, 1.54) is 0 Å². The Kier molecular flexibility index (Phi) is 5.14. The first-order chi connectivity index (χ1) is 13.7. The van der Waals surface area contributed by atoms with Gasteiger partial charge in [-0.05, 0) is 31.0 Å². The monoisotopic (exact) mass is 375 g/mol. The number of fused-ring (bicyclic) bond motifs is 1. The number of benzene rings is 1. The first-order valence-corrected chi connectivity index (χ1v) is 9.31. The van der Waals surface area contributed by atoms with Crippen molar-refractivity contribution in [3.8, 4) is 0 Å². The largest absolute Gasteiger partial charge is 0.341 e. The van der Waals surface area contributed by atoms with E-state index in [-0.39, 0.29) is 11.8 Å². The Balaban J connectivity index is 1.52. The van der Waals surface area contributed by atoms with E-state index >= 15 is 0 Å². The summed E-state index contributed by atoms with van der Waals surface area (Å²) in [5.41, 5.74) is 4.83. The Morgan fingerprint density at radius 1 is 1.11 bits per heavy atom. The molecular weight excluding hydrogens is 354 g/mol. The standard InChI is InChI=1S/C21H21N5O2/c27-20(25-11-3-4-12-25)15-26-14-17(18-5-1-2-6-19(18)26)13-23-24-21(28)16-7-9-22-10-8-16/h1-2,5-10,13-14H,3-4,11-12,15H2,(H,24,28)/b23-13-. The number of aromatic nitrogens is 2. The molecule has 1 N–H and O–H groups in total. The van der Waals surface area contributed by atoms with Gasteiger partial charge in [0.2, 0.25) is 5.91 Å². The summed E-state index contributed by atoms with van der Waals surface area (Å²) in [6.07, 6.45) is 8.78. The lowest BCUT2D eigenvalue weighted by Crippen LogP contribution is -2.30. The second-order valence-electron chi connectivity index (χ2n) is 6.75. The van der Waals surface area contributed by atoms with Gasteiger partial charge in [0.05, 0.1) is 6.21 Å². The minimum absolute atomic E-state index is 0.132. The summed E-state index contributed by atoms with van der Waals surface area (Å²) in [7, 11) is 0. The molecule has 0 unspecified atom stereocenters. The van der Waals surface area contributed by atoms with Crippen molar-refractivity contribution in [3.63, 3.8) is 0 Å². The average molecular weight is 375 g/mol. The molecule has 7 heteroatoms. The molecule has 0 aliphatic carbocycles. The second-order valence-corrected chi connectivity index (χ2v) is 6.75. The molecule has 28 heavy (non-hydrogen) atoms. The minimum atomic E-state index is -0.299. The second kappa shape index (κ2) is 8.04. The van der Waals surface area contributed by atoms with Crippen molar-refractivity contribution >= 4 is 28.9 Å². The van der Waals surface area contributed by atoms with E-state index in [4.69, 9.17) is 0 Å². The van der Waals surface area contributed by atoms with Crippen molar-refractivity contribution in [1.29, 1.82) is 0 Å². The van der Waals surface area contributed by atoms with Crippen LogP contribution in [0.1, 0.15) is 28.8 Å². The maximum absolute atomic E-state index is 12.5. The highest BCUT2D eigenvalue weighted by molar-refractivity contribution is 6.01. The lowest BCUT2D eigenvalue weighted by molar-refractivity contribution is -0.130.